The molecule has 100 valence electrons. The molecule has 1 fully saturated rings. The molecular weight excluding hydrogens is 232 g/mol. The summed E-state index contributed by atoms with van der Waals surface area (Å²) in [6, 6.07) is 8.75. The van der Waals surface area contributed by atoms with E-state index >= 15 is 0 Å². The summed E-state index contributed by atoms with van der Waals surface area (Å²) in [4.78, 5) is 0. The number of rotatable bonds is 3. The van der Waals surface area contributed by atoms with Crippen LogP contribution in [0, 0.1) is 5.92 Å². The molecule has 1 saturated carbocycles. The van der Waals surface area contributed by atoms with Gasteiger partial charge in [0.15, 0.2) is 0 Å². The molecule has 3 atom stereocenters. The summed E-state index contributed by atoms with van der Waals surface area (Å²) >= 11 is 0. The quantitative estimate of drug-likeness (QED) is 0.719. The number of hydrogen-bond donors (Lipinski definition) is 0. The van der Waals surface area contributed by atoms with Crippen molar-refractivity contribution < 1.29 is 4.74 Å². The van der Waals surface area contributed by atoms with Gasteiger partial charge in [-0.2, -0.15) is 0 Å². The van der Waals surface area contributed by atoms with E-state index in [2.05, 4.69) is 63.8 Å². The highest BCUT2D eigenvalue weighted by atomic mass is 16.5. The second-order valence-corrected chi connectivity index (χ2v) is 5.91. The molecule has 1 aromatic rings. The van der Waals surface area contributed by atoms with Crippen molar-refractivity contribution in [2.75, 3.05) is 0 Å². The fourth-order valence-electron chi connectivity index (χ4n) is 3.73. The van der Waals surface area contributed by atoms with Gasteiger partial charge in [0.25, 0.3) is 0 Å². The summed E-state index contributed by atoms with van der Waals surface area (Å²) in [5.74, 6) is 0.570. The number of hydrogen-bond acceptors (Lipinski definition) is 1. The lowest BCUT2D eigenvalue weighted by Crippen LogP contribution is -2.13. The third-order valence-electron chi connectivity index (χ3n) is 4.54. The first-order valence-corrected chi connectivity index (χ1v) is 7.19. The van der Waals surface area contributed by atoms with Crippen LogP contribution in [0.4, 0.5) is 0 Å². The molecule has 2 aliphatic carbocycles. The molecule has 0 aromatic heterocycles. The van der Waals surface area contributed by atoms with Crippen LogP contribution in [0.5, 0.6) is 0 Å². The summed E-state index contributed by atoms with van der Waals surface area (Å²) in [5.41, 5.74) is 4.44. The van der Waals surface area contributed by atoms with Gasteiger partial charge < -0.3 is 4.74 Å². The van der Waals surface area contributed by atoms with Gasteiger partial charge in [-0.3, -0.25) is 0 Å². The third kappa shape index (κ3) is 1.64. The van der Waals surface area contributed by atoms with Crippen molar-refractivity contribution in [3.8, 4) is 0 Å². The minimum Gasteiger partial charge on any atom is -0.366 e. The van der Waals surface area contributed by atoms with Crippen molar-refractivity contribution in [3.63, 3.8) is 0 Å². The van der Waals surface area contributed by atoms with Crippen molar-refractivity contribution in [3.05, 3.63) is 59.7 Å². The number of fused-ring (bicyclic) bond motifs is 2. The largest absolute Gasteiger partial charge is 0.366 e. The van der Waals surface area contributed by atoms with E-state index in [9.17, 15) is 0 Å². The molecular formula is C18H22O. The maximum absolute atomic E-state index is 6.21. The van der Waals surface area contributed by atoms with E-state index in [1.54, 1.807) is 0 Å². The van der Waals surface area contributed by atoms with Crippen LogP contribution in [0.25, 0.3) is 0 Å². The Bertz CT molecular complexity index is 540. The minimum absolute atomic E-state index is 0.131. The fourth-order valence-corrected chi connectivity index (χ4v) is 3.73. The van der Waals surface area contributed by atoms with Crippen molar-refractivity contribution in [1.29, 1.82) is 0 Å². The first-order valence-electron chi connectivity index (χ1n) is 7.19. The zero-order valence-corrected chi connectivity index (χ0v) is 12.0. The molecule has 0 saturated heterocycles. The predicted molar refractivity (Wildman–Crippen MR) is 79.1 cm³/mol. The minimum atomic E-state index is 0.131. The van der Waals surface area contributed by atoms with Crippen molar-refractivity contribution in [2.24, 2.45) is 5.92 Å². The lowest BCUT2D eigenvalue weighted by Gasteiger charge is -2.20. The normalized spacial score (nSPS) is 34.0. The zero-order valence-electron chi connectivity index (χ0n) is 12.0. The highest BCUT2D eigenvalue weighted by Gasteiger charge is 2.62. The summed E-state index contributed by atoms with van der Waals surface area (Å²) in [7, 11) is 0. The monoisotopic (exact) mass is 254 g/mol. The van der Waals surface area contributed by atoms with E-state index in [-0.39, 0.29) is 17.6 Å². The van der Waals surface area contributed by atoms with Crippen LogP contribution in [-0.2, 0) is 10.2 Å². The van der Waals surface area contributed by atoms with Crippen LogP contribution in [0.3, 0.4) is 0 Å². The van der Waals surface area contributed by atoms with Crippen LogP contribution in [-0.4, -0.2) is 6.10 Å². The molecule has 19 heavy (non-hydrogen) atoms. The summed E-state index contributed by atoms with van der Waals surface area (Å²) < 4.78 is 6.21. The lowest BCUT2D eigenvalue weighted by molar-refractivity contribution is 0.0290. The van der Waals surface area contributed by atoms with Gasteiger partial charge in [-0.1, -0.05) is 36.4 Å². The molecule has 2 aliphatic rings. The first-order chi connectivity index (χ1) is 9.15. The van der Waals surface area contributed by atoms with E-state index in [1.165, 1.54) is 23.1 Å². The Kier molecular flexibility index (Phi) is 2.90. The van der Waals surface area contributed by atoms with E-state index in [1.807, 2.05) is 0 Å². The topological polar surface area (TPSA) is 9.23 Å². The van der Waals surface area contributed by atoms with Gasteiger partial charge in [-0.25, -0.2) is 0 Å². The van der Waals surface area contributed by atoms with E-state index < -0.39 is 0 Å². The highest BCUT2D eigenvalue weighted by Crippen LogP contribution is 2.68. The predicted octanol–water partition coefficient (Wildman–Crippen LogP) is 4.56. The van der Waals surface area contributed by atoms with Gasteiger partial charge in [-0.05, 0) is 49.8 Å². The maximum Gasteiger partial charge on any atom is 0.105 e. The Balaban J connectivity index is 2.12. The lowest BCUT2D eigenvalue weighted by atomic mass is 9.91. The second-order valence-electron chi connectivity index (χ2n) is 5.91. The molecule has 3 unspecified atom stereocenters. The van der Waals surface area contributed by atoms with Crippen molar-refractivity contribution in [2.45, 2.75) is 44.8 Å². The average molecular weight is 254 g/mol. The van der Waals surface area contributed by atoms with Gasteiger partial charge in [0.05, 0.1) is 6.10 Å². The Morgan fingerprint density at radius 1 is 1.37 bits per heavy atom. The van der Waals surface area contributed by atoms with E-state index in [0.29, 0.717) is 5.92 Å². The Morgan fingerprint density at radius 2 is 2.11 bits per heavy atom. The third-order valence-corrected chi connectivity index (χ3v) is 4.54. The summed E-state index contributed by atoms with van der Waals surface area (Å²) in [6.07, 6.45) is 5.93. The standard InChI is InChI=1S/C18H22O/c1-5-13-11-18(13)15(6-2)17(19-12(3)4)14-9-7-8-10-16(14)18/h5-10,12-13,17H,1,11H2,2-4H3/b15-6-. The van der Waals surface area contributed by atoms with Gasteiger partial charge >= 0.3 is 0 Å². The number of benzene rings is 1. The number of ether oxygens (including phenoxy) is 1. The van der Waals surface area contributed by atoms with Gasteiger partial charge in [-0.15, -0.1) is 6.58 Å². The van der Waals surface area contributed by atoms with Gasteiger partial charge in [0, 0.05) is 5.41 Å². The Hall–Kier alpha value is -1.34. The smallest absolute Gasteiger partial charge is 0.105 e. The first kappa shape index (κ1) is 12.7. The van der Waals surface area contributed by atoms with Gasteiger partial charge in [0.2, 0.25) is 0 Å². The molecule has 0 aliphatic heterocycles. The second kappa shape index (κ2) is 4.35. The van der Waals surface area contributed by atoms with Crippen molar-refractivity contribution >= 4 is 0 Å². The molecule has 0 heterocycles. The number of allylic oxidation sites excluding steroid dienone is 2. The van der Waals surface area contributed by atoms with Crippen LogP contribution in [0.1, 0.15) is 44.4 Å². The molecule has 1 heteroatoms. The van der Waals surface area contributed by atoms with E-state index in [0.717, 1.165) is 0 Å². The molecule has 1 spiro atoms. The van der Waals surface area contributed by atoms with E-state index in [4.69, 9.17) is 4.74 Å². The maximum atomic E-state index is 6.21. The molecule has 3 rings (SSSR count). The summed E-state index contributed by atoms with van der Waals surface area (Å²) in [6.45, 7) is 10.4. The average Bonchev–Trinajstić information content (AvgIpc) is 3.07. The molecule has 0 radical (unpaired) electrons. The van der Waals surface area contributed by atoms with Crippen LogP contribution in [0.15, 0.2) is 48.6 Å². The highest BCUT2D eigenvalue weighted by molar-refractivity contribution is 5.60. The SMILES string of the molecule is C=CC1CC12/C(=C\C)C(OC(C)C)c1ccccc12. The van der Waals surface area contributed by atoms with Crippen molar-refractivity contribution in [1.82, 2.24) is 0 Å². The van der Waals surface area contributed by atoms with Crippen LogP contribution >= 0.6 is 0 Å². The van der Waals surface area contributed by atoms with Crippen LogP contribution in [0.2, 0.25) is 0 Å². The molecule has 0 N–H and O–H groups in total. The Morgan fingerprint density at radius 3 is 2.68 bits per heavy atom. The molecule has 1 aromatic carbocycles. The summed E-state index contributed by atoms with van der Waals surface area (Å²) in [5, 5.41) is 0. The van der Waals surface area contributed by atoms with Gasteiger partial charge in [0.1, 0.15) is 6.10 Å². The Labute approximate surface area is 116 Å². The molecule has 0 amide bonds. The molecule has 1 nitrogen and oxygen atoms in total. The fraction of sp³-hybridized carbons (Fsp3) is 0.444. The van der Waals surface area contributed by atoms with Crippen LogP contribution < -0.4 is 0 Å². The molecule has 0 bridgehead atoms. The zero-order chi connectivity index (χ0) is 13.6.